The second kappa shape index (κ2) is 10.4. The van der Waals surface area contributed by atoms with E-state index >= 15 is 0 Å². The standard InChI is InChI=1S/C19H28N4O.HI/c1-6-20-19(22-12-18-23-15(4)16(5)24-18)21-11-14(3)17-9-7-8-13(2)10-17;/h7-10,14H,6,11-12H2,1-5H3,(H2,20,21,22);1H. The normalized spacial score (nSPS) is 12.4. The predicted molar refractivity (Wildman–Crippen MR) is 114 cm³/mol. The first-order valence-corrected chi connectivity index (χ1v) is 8.51. The van der Waals surface area contributed by atoms with Crippen molar-refractivity contribution in [3.05, 3.63) is 52.7 Å². The fraction of sp³-hybridized carbons (Fsp3) is 0.474. The van der Waals surface area contributed by atoms with Crippen LogP contribution >= 0.6 is 24.0 Å². The van der Waals surface area contributed by atoms with Crippen LogP contribution in [0.1, 0.15) is 48.2 Å². The van der Waals surface area contributed by atoms with E-state index in [0.717, 1.165) is 30.5 Å². The van der Waals surface area contributed by atoms with Gasteiger partial charge >= 0.3 is 0 Å². The highest BCUT2D eigenvalue weighted by Crippen LogP contribution is 2.15. The van der Waals surface area contributed by atoms with E-state index in [2.05, 4.69) is 65.6 Å². The van der Waals surface area contributed by atoms with Gasteiger partial charge in [-0.1, -0.05) is 36.8 Å². The summed E-state index contributed by atoms with van der Waals surface area (Å²) in [5.74, 6) is 2.69. The van der Waals surface area contributed by atoms with Crippen LogP contribution in [0.15, 0.2) is 33.7 Å². The number of aryl methyl sites for hydroxylation is 3. The smallest absolute Gasteiger partial charge is 0.216 e. The zero-order valence-corrected chi connectivity index (χ0v) is 18.0. The predicted octanol–water partition coefficient (Wildman–Crippen LogP) is 4.08. The Bertz CT molecular complexity index is 677. The lowest BCUT2D eigenvalue weighted by Crippen LogP contribution is -2.39. The molecule has 0 aliphatic rings. The largest absolute Gasteiger partial charge is 0.444 e. The number of aliphatic imine (C=N–C) groups is 1. The molecule has 2 N–H and O–H groups in total. The lowest BCUT2D eigenvalue weighted by Gasteiger charge is -2.16. The van der Waals surface area contributed by atoms with E-state index in [1.54, 1.807) is 0 Å². The summed E-state index contributed by atoms with van der Waals surface area (Å²) in [4.78, 5) is 8.93. The van der Waals surface area contributed by atoms with Gasteiger partial charge in [-0.25, -0.2) is 9.98 Å². The van der Waals surface area contributed by atoms with Gasteiger partial charge in [0.2, 0.25) is 5.89 Å². The summed E-state index contributed by atoms with van der Waals surface area (Å²) in [7, 11) is 0. The number of nitrogens with zero attached hydrogens (tertiary/aromatic N) is 2. The minimum absolute atomic E-state index is 0. The third-order valence-corrected chi connectivity index (χ3v) is 3.98. The molecule has 1 unspecified atom stereocenters. The average molecular weight is 456 g/mol. The quantitative estimate of drug-likeness (QED) is 0.391. The summed E-state index contributed by atoms with van der Waals surface area (Å²) >= 11 is 0. The van der Waals surface area contributed by atoms with Gasteiger partial charge in [0.05, 0.1) is 5.69 Å². The molecule has 25 heavy (non-hydrogen) atoms. The van der Waals surface area contributed by atoms with Gasteiger partial charge in [0.1, 0.15) is 12.3 Å². The van der Waals surface area contributed by atoms with Crippen molar-refractivity contribution in [2.45, 2.75) is 47.1 Å². The van der Waals surface area contributed by atoms with Crippen molar-refractivity contribution in [1.82, 2.24) is 15.6 Å². The summed E-state index contributed by atoms with van der Waals surface area (Å²) in [6, 6.07) is 8.62. The molecule has 5 nitrogen and oxygen atoms in total. The van der Waals surface area contributed by atoms with Crippen molar-refractivity contribution >= 4 is 29.9 Å². The summed E-state index contributed by atoms with van der Waals surface area (Å²) in [6.45, 7) is 12.3. The molecule has 1 aromatic heterocycles. The number of hydrogen-bond donors (Lipinski definition) is 2. The first-order valence-electron chi connectivity index (χ1n) is 8.51. The van der Waals surface area contributed by atoms with E-state index in [1.165, 1.54) is 11.1 Å². The van der Waals surface area contributed by atoms with Crippen molar-refractivity contribution in [2.75, 3.05) is 13.1 Å². The van der Waals surface area contributed by atoms with Crippen molar-refractivity contribution in [3.8, 4) is 0 Å². The minimum Gasteiger partial charge on any atom is -0.444 e. The minimum atomic E-state index is 0. The SMILES string of the molecule is CCNC(=NCc1nc(C)c(C)o1)NCC(C)c1cccc(C)c1.I. The van der Waals surface area contributed by atoms with Crippen LogP contribution in [0.3, 0.4) is 0 Å². The molecule has 1 aromatic carbocycles. The van der Waals surface area contributed by atoms with Gasteiger partial charge in [-0.2, -0.15) is 0 Å². The number of nitrogens with one attached hydrogen (secondary N) is 2. The topological polar surface area (TPSA) is 62.5 Å². The Morgan fingerprint density at radius 3 is 2.60 bits per heavy atom. The molecule has 6 heteroatoms. The zero-order chi connectivity index (χ0) is 17.5. The van der Waals surface area contributed by atoms with Gasteiger partial charge in [-0.3, -0.25) is 0 Å². The van der Waals surface area contributed by atoms with Gasteiger partial charge in [-0.15, -0.1) is 24.0 Å². The number of rotatable bonds is 6. The second-order valence-electron chi connectivity index (χ2n) is 6.14. The van der Waals surface area contributed by atoms with Crippen LogP contribution in [-0.2, 0) is 6.54 Å². The van der Waals surface area contributed by atoms with Gasteiger partial charge < -0.3 is 15.1 Å². The highest BCUT2D eigenvalue weighted by Gasteiger charge is 2.08. The van der Waals surface area contributed by atoms with Crippen LogP contribution < -0.4 is 10.6 Å². The molecule has 1 heterocycles. The van der Waals surface area contributed by atoms with Crippen molar-refractivity contribution in [3.63, 3.8) is 0 Å². The maximum atomic E-state index is 5.58. The van der Waals surface area contributed by atoms with E-state index < -0.39 is 0 Å². The van der Waals surface area contributed by atoms with E-state index in [-0.39, 0.29) is 24.0 Å². The maximum absolute atomic E-state index is 5.58. The average Bonchev–Trinajstić information content (AvgIpc) is 2.88. The lowest BCUT2D eigenvalue weighted by molar-refractivity contribution is 0.472. The molecule has 0 aliphatic carbocycles. The number of aromatic nitrogens is 1. The highest BCUT2D eigenvalue weighted by atomic mass is 127. The monoisotopic (exact) mass is 456 g/mol. The summed E-state index contributed by atoms with van der Waals surface area (Å²) < 4.78 is 5.58. The molecule has 0 spiro atoms. The number of hydrogen-bond acceptors (Lipinski definition) is 3. The van der Waals surface area contributed by atoms with Crippen LogP contribution in [0.5, 0.6) is 0 Å². The van der Waals surface area contributed by atoms with E-state index in [4.69, 9.17) is 4.42 Å². The van der Waals surface area contributed by atoms with Gasteiger partial charge in [-0.05, 0) is 39.2 Å². The van der Waals surface area contributed by atoms with Crippen molar-refractivity contribution in [1.29, 1.82) is 0 Å². The fourth-order valence-electron chi connectivity index (χ4n) is 2.44. The van der Waals surface area contributed by atoms with Crippen LogP contribution in [0, 0.1) is 20.8 Å². The first-order chi connectivity index (χ1) is 11.5. The first kappa shape index (κ1) is 21.5. The molecule has 0 radical (unpaired) electrons. The molecular formula is C19H29IN4O. The Hall–Kier alpha value is -1.57. The molecule has 0 aliphatic heterocycles. The zero-order valence-electron chi connectivity index (χ0n) is 15.7. The lowest BCUT2D eigenvalue weighted by atomic mass is 9.99. The summed E-state index contributed by atoms with van der Waals surface area (Å²) in [5.41, 5.74) is 3.54. The third kappa shape index (κ3) is 6.68. The number of halogens is 1. The third-order valence-electron chi connectivity index (χ3n) is 3.98. The van der Waals surface area contributed by atoms with Crippen molar-refractivity contribution < 1.29 is 4.42 Å². The van der Waals surface area contributed by atoms with Crippen LogP contribution in [-0.4, -0.2) is 24.0 Å². The van der Waals surface area contributed by atoms with Crippen LogP contribution in [0.2, 0.25) is 0 Å². The molecule has 0 fully saturated rings. The van der Waals surface area contributed by atoms with E-state index in [9.17, 15) is 0 Å². The molecule has 1 atom stereocenters. The van der Waals surface area contributed by atoms with Gasteiger partial charge in [0, 0.05) is 13.1 Å². The van der Waals surface area contributed by atoms with Crippen LogP contribution in [0.25, 0.3) is 0 Å². The molecular weight excluding hydrogens is 427 g/mol. The van der Waals surface area contributed by atoms with E-state index in [1.807, 2.05) is 13.8 Å². The Balaban J connectivity index is 0.00000312. The maximum Gasteiger partial charge on any atom is 0.216 e. The Kier molecular flexibility index (Phi) is 8.96. The van der Waals surface area contributed by atoms with Gasteiger partial charge in [0.25, 0.3) is 0 Å². The van der Waals surface area contributed by atoms with Crippen molar-refractivity contribution in [2.24, 2.45) is 4.99 Å². The second-order valence-corrected chi connectivity index (χ2v) is 6.14. The highest BCUT2D eigenvalue weighted by molar-refractivity contribution is 14.0. The number of benzene rings is 1. The fourth-order valence-corrected chi connectivity index (χ4v) is 2.44. The number of guanidine groups is 1. The number of oxazole rings is 1. The Morgan fingerprint density at radius 2 is 2.00 bits per heavy atom. The molecule has 138 valence electrons. The Morgan fingerprint density at radius 1 is 1.24 bits per heavy atom. The molecule has 2 aromatic rings. The molecule has 0 bridgehead atoms. The van der Waals surface area contributed by atoms with Gasteiger partial charge in [0.15, 0.2) is 5.96 Å². The van der Waals surface area contributed by atoms with E-state index in [0.29, 0.717) is 18.4 Å². The molecule has 0 saturated heterocycles. The molecule has 0 amide bonds. The summed E-state index contributed by atoms with van der Waals surface area (Å²) in [5, 5.41) is 6.66. The summed E-state index contributed by atoms with van der Waals surface area (Å²) in [6.07, 6.45) is 0. The van der Waals surface area contributed by atoms with Crippen LogP contribution in [0.4, 0.5) is 0 Å². The Labute approximate surface area is 167 Å². The molecule has 0 saturated carbocycles. The molecule has 2 rings (SSSR count).